The Morgan fingerprint density at radius 3 is 2.88 bits per heavy atom. The van der Waals surface area contributed by atoms with Crippen LogP contribution in [0.4, 0.5) is 9.93 Å². The fraction of sp³-hybridized carbons (Fsp3) is 0.375. The average molecular weight is 411 g/mol. The van der Waals surface area contributed by atoms with Crippen LogP contribution in [0.2, 0.25) is 4.34 Å². The Morgan fingerprint density at radius 1 is 1.46 bits per heavy atom. The van der Waals surface area contributed by atoms with Crippen molar-refractivity contribution in [2.45, 2.75) is 25.3 Å². The van der Waals surface area contributed by atoms with Crippen molar-refractivity contribution < 1.29 is 14.4 Å². The van der Waals surface area contributed by atoms with Crippen LogP contribution in [-0.4, -0.2) is 39.8 Å². The Balaban J connectivity index is 1.41. The molecule has 1 atom stereocenters. The van der Waals surface area contributed by atoms with Gasteiger partial charge in [0.25, 0.3) is 5.91 Å². The Kier molecular flexibility index (Phi) is 4.25. The van der Waals surface area contributed by atoms with E-state index >= 15 is 0 Å². The number of imide groups is 1. The summed E-state index contributed by atoms with van der Waals surface area (Å²) in [5.41, 5.74) is -0.164. The predicted octanol–water partition coefficient (Wildman–Crippen LogP) is 3.18. The number of anilines is 1. The van der Waals surface area contributed by atoms with E-state index in [0.717, 1.165) is 28.3 Å². The van der Waals surface area contributed by atoms with E-state index in [-0.39, 0.29) is 18.4 Å². The van der Waals surface area contributed by atoms with Crippen LogP contribution in [0.25, 0.3) is 10.6 Å². The van der Waals surface area contributed by atoms with Gasteiger partial charge in [0.1, 0.15) is 12.1 Å². The Morgan fingerprint density at radius 2 is 2.23 bits per heavy atom. The number of rotatable bonds is 5. The number of urea groups is 1. The molecule has 10 heteroatoms. The summed E-state index contributed by atoms with van der Waals surface area (Å²) >= 11 is 8.59. The third-order valence-corrected chi connectivity index (χ3v) is 6.58. The number of aromatic nitrogens is 1. The molecule has 26 heavy (non-hydrogen) atoms. The molecule has 0 aromatic carbocycles. The molecule has 2 aliphatic rings. The SMILES string of the molecule is CC1(C2CC2)NC(=O)N(CC(=O)Nc2nc(-c3ccc(Cl)s3)cs2)C1=O. The van der Waals surface area contributed by atoms with E-state index in [9.17, 15) is 14.4 Å². The summed E-state index contributed by atoms with van der Waals surface area (Å²) in [5, 5.41) is 7.59. The molecule has 2 aromatic heterocycles. The molecule has 0 radical (unpaired) electrons. The summed E-state index contributed by atoms with van der Waals surface area (Å²) in [5.74, 6) is -0.641. The van der Waals surface area contributed by atoms with E-state index in [1.807, 2.05) is 11.4 Å². The zero-order valence-corrected chi connectivity index (χ0v) is 16.1. The highest BCUT2D eigenvalue weighted by Crippen LogP contribution is 2.42. The lowest BCUT2D eigenvalue weighted by Gasteiger charge is -2.20. The molecule has 0 bridgehead atoms. The molecule has 4 amide bonds. The van der Waals surface area contributed by atoms with Gasteiger partial charge in [-0.2, -0.15) is 0 Å². The van der Waals surface area contributed by atoms with Gasteiger partial charge in [-0.05, 0) is 37.8 Å². The van der Waals surface area contributed by atoms with Crippen LogP contribution in [0.5, 0.6) is 0 Å². The molecule has 136 valence electrons. The number of nitrogens with one attached hydrogen (secondary N) is 2. The third-order valence-electron chi connectivity index (χ3n) is 4.57. The highest BCUT2D eigenvalue weighted by atomic mass is 35.5. The molecule has 3 heterocycles. The number of carbonyl (C=O) groups is 3. The number of hydrogen-bond acceptors (Lipinski definition) is 6. The van der Waals surface area contributed by atoms with Gasteiger partial charge in [-0.1, -0.05) is 11.6 Å². The van der Waals surface area contributed by atoms with E-state index in [4.69, 9.17) is 11.6 Å². The first-order chi connectivity index (χ1) is 12.4. The van der Waals surface area contributed by atoms with E-state index in [0.29, 0.717) is 9.47 Å². The minimum Gasteiger partial charge on any atom is -0.323 e. The number of hydrogen-bond donors (Lipinski definition) is 2. The maximum Gasteiger partial charge on any atom is 0.325 e. The van der Waals surface area contributed by atoms with E-state index < -0.39 is 17.5 Å². The van der Waals surface area contributed by atoms with Crippen molar-refractivity contribution in [3.05, 3.63) is 21.8 Å². The average Bonchev–Trinajstić information content (AvgIpc) is 3.15. The molecule has 1 aliphatic carbocycles. The van der Waals surface area contributed by atoms with Crippen LogP contribution >= 0.6 is 34.3 Å². The maximum absolute atomic E-state index is 12.5. The first kappa shape index (κ1) is 17.4. The van der Waals surface area contributed by atoms with Crippen molar-refractivity contribution in [2.75, 3.05) is 11.9 Å². The second-order valence-electron chi connectivity index (χ2n) is 6.49. The maximum atomic E-state index is 12.5. The number of amides is 4. The van der Waals surface area contributed by atoms with E-state index in [2.05, 4.69) is 15.6 Å². The van der Waals surface area contributed by atoms with Crippen molar-refractivity contribution in [3.8, 4) is 10.6 Å². The Labute approximate surface area is 162 Å². The van der Waals surface area contributed by atoms with Crippen LogP contribution in [0.3, 0.4) is 0 Å². The van der Waals surface area contributed by atoms with Crippen molar-refractivity contribution in [1.82, 2.24) is 15.2 Å². The van der Waals surface area contributed by atoms with Gasteiger partial charge < -0.3 is 10.6 Å². The smallest absolute Gasteiger partial charge is 0.323 e. The summed E-state index contributed by atoms with van der Waals surface area (Å²) in [7, 11) is 0. The predicted molar refractivity (Wildman–Crippen MR) is 100 cm³/mol. The first-order valence-electron chi connectivity index (χ1n) is 8.02. The summed E-state index contributed by atoms with van der Waals surface area (Å²) in [6, 6.07) is 3.13. The highest BCUT2D eigenvalue weighted by molar-refractivity contribution is 7.20. The number of halogens is 1. The fourth-order valence-corrected chi connectivity index (χ4v) is 4.80. The lowest BCUT2D eigenvalue weighted by Crippen LogP contribution is -2.46. The van der Waals surface area contributed by atoms with Gasteiger partial charge >= 0.3 is 6.03 Å². The van der Waals surface area contributed by atoms with Gasteiger partial charge in [0.15, 0.2) is 5.13 Å². The topological polar surface area (TPSA) is 91.4 Å². The van der Waals surface area contributed by atoms with Crippen LogP contribution < -0.4 is 10.6 Å². The molecule has 2 N–H and O–H groups in total. The van der Waals surface area contributed by atoms with Gasteiger partial charge in [0, 0.05) is 5.38 Å². The Hall–Kier alpha value is -1.97. The van der Waals surface area contributed by atoms with Crippen LogP contribution in [-0.2, 0) is 9.59 Å². The largest absolute Gasteiger partial charge is 0.325 e. The highest BCUT2D eigenvalue weighted by Gasteiger charge is 2.56. The zero-order valence-electron chi connectivity index (χ0n) is 13.7. The summed E-state index contributed by atoms with van der Waals surface area (Å²) in [6.07, 6.45) is 1.83. The van der Waals surface area contributed by atoms with Crippen molar-refractivity contribution in [2.24, 2.45) is 5.92 Å². The molecule has 1 aliphatic heterocycles. The van der Waals surface area contributed by atoms with Gasteiger partial charge in [-0.25, -0.2) is 9.78 Å². The Bertz CT molecular complexity index is 907. The normalized spacial score (nSPS) is 22.6. The molecule has 1 saturated heterocycles. The van der Waals surface area contributed by atoms with Crippen molar-refractivity contribution >= 4 is 57.3 Å². The molecule has 1 saturated carbocycles. The monoisotopic (exact) mass is 410 g/mol. The van der Waals surface area contributed by atoms with Crippen molar-refractivity contribution in [1.29, 1.82) is 0 Å². The van der Waals surface area contributed by atoms with Gasteiger partial charge in [0.2, 0.25) is 5.91 Å². The minimum absolute atomic E-state index is 0.158. The molecular weight excluding hydrogens is 396 g/mol. The van der Waals surface area contributed by atoms with Crippen LogP contribution in [0, 0.1) is 5.92 Å². The molecule has 2 aromatic rings. The summed E-state index contributed by atoms with van der Waals surface area (Å²) < 4.78 is 0.663. The molecule has 0 spiro atoms. The third kappa shape index (κ3) is 3.10. The first-order valence-corrected chi connectivity index (χ1v) is 10.1. The second-order valence-corrected chi connectivity index (χ2v) is 9.06. The summed E-state index contributed by atoms with van der Waals surface area (Å²) in [4.78, 5) is 43.1. The van der Waals surface area contributed by atoms with E-state index in [1.54, 1.807) is 13.0 Å². The quantitative estimate of drug-likeness (QED) is 0.740. The second kappa shape index (κ2) is 6.33. The van der Waals surface area contributed by atoms with Gasteiger partial charge in [0.05, 0.1) is 14.9 Å². The summed E-state index contributed by atoms with van der Waals surface area (Å²) in [6.45, 7) is 1.40. The lowest BCUT2D eigenvalue weighted by molar-refractivity contribution is -0.134. The van der Waals surface area contributed by atoms with Crippen LogP contribution in [0.15, 0.2) is 17.5 Å². The molecule has 2 fully saturated rings. The molecule has 4 rings (SSSR count). The van der Waals surface area contributed by atoms with Crippen molar-refractivity contribution in [3.63, 3.8) is 0 Å². The number of thiazole rings is 1. The van der Waals surface area contributed by atoms with E-state index in [1.165, 1.54) is 22.7 Å². The van der Waals surface area contributed by atoms with Gasteiger partial charge in [-0.3, -0.25) is 14.5 Å². The molecule has 1 unspecified atom stereocenters. The standard InChI is InChI=1S/C16H15ClN4O3S2/c1-16(8-2-3-8)13(23)21(15(24)20-16)6-12(22)19-14-18-9(7-25-14)10-4-5-11(17)26-10/h4-5,7-8H,2-3,6H2,1H3,(H,20,24)(H,18,19,22). The number of carbonyl (C=O) groups excluding carboxylic acids is 3. The zero-order chi connectivity index (χ0) is 18.5. The fourth-order valence-electron chi connectivity index (χ4n) is 3.00. The van der Waals surface area contributed by atoms with Gasteiger partial charge in [-0.15, -0.1) is 22.7 Å². The number of thiophene rings is 1. The number of nitrogens with zero attached hydrogens (tertiary/aromatic N) is 2. The molecule has 7 nitrogen and oxygen atoms in total. The molecular formula is C16H15ClN4O3S2. The lowest BCUT2D eigenvalue weighted by atomic mass is 9.96. The van der Waals surface area contributed by atoms with Crippen LogP contribution in [0.1, 0.15) is 19.8 Å². The minimum atomic E-state index is -0.885.